The van der Waals surface area contributed by atoms with Gasteiger partial charge in [-0.2, -0.15) is 0 Å². The van der Waals surface area contributed by atoms with Crippen molar-refractivity contribution >= 4 is 34.6 Å². The van der Waals surface area contributed by atoms with Crippen molar-refractivity contribution in [1.29, 1.82) is 0 Å². The Hall–Kier alpha value is 0.580. The van der Waals surface area contributed by atoms with E-state index in [2.05, 4.69) is 0 Å². The van der Waals surface area contributed by atoms with Crippen LogP contribution < -0.4 is 139 Å². The zero-order chi connectivity index (χ0) is 16.6. The molecule has 2 rings (SSSR count). The fraction of sp³-hybridized carbons (Fsp3) is 0. The van der Waals surface area contributed by atoms with Crippen LogP contribution in [0.25, 0.3) is 10.8 Å². The van der Waals surface area contributed by atoms with Gasteiger partial charge in [0.05, 0.1) is 23.9 Å². The summed E-state index contributed by atoms with van der Waals surface area (Å²) in [6.45, 7) is 0. The molecule has 0 heterocycles. The molecule has 0 fully saturated rings. The molecule has 0 amide bonds. The molecule has 0 spiro atoms. The van der Waals surface area contributed by atoms with E-state index in [9.17, 15) is 39.6 Å². The van der Waals surface area contributed by atoms with Gasteiger partial charge in [0.15, 0.2) is 0 Å². The van der Waals surface area contributed by atoms with E-state index >= 15 is 0 Å². The van der Waals surface area contributed by atoms with Crippen molar-refractivity contribution in [1.82, 2.24) is 0 Å². The summed E-state index contributed by atoms with van der Waals surface area (Å²) in [7, 11) is 0. The van der Waals surface area contributed by atoms with Gasteiger partial charge in [0, 0.05) is 16.7 Å². The molecule has 0 unspecified atom stereocenters. The van der Waals surface area contributed by atoms with Crippen molar-refractivity contribution in [3.8, 4) is 0 Å². The second-order valence-electron chi connectivity index (χ2n) is 4.29. The third kappa shape index (κ3) is 6.88. The minimum absolute atomic E-state index is 0. The van der Waals surface area contributed by atoms with Crippen LogP contribution in [0.3, 0.4) is 0 Å². The van der Waals surface area contributed by atoms with E-state index in [1.165, 1.54) is 0 Å². The Kier molecular flexibility index (Phi) is 15.5. The number of carboxylic acid groups (broad SMARTS) is 4. The first kappa shape index (κ1) is 31.3. The largest absolute Gasteiger partial charge is 1.00 e. The number of aromatic carboxylic acids is 4. The quantitative estimate of drug-likeness (QED) is 0.464. The smallest absolute Gasteiger partial charge is 0.545 e. The first-order valence-electron chi connectivity index (χ1n) is 5.69. The molecule has 2 aromatic rings. The van der Waals surface area contributed by atoms with E-state index in [-0.39, 0.29) is 129 Å². The Morgan fingerprint density at radius 1 is 0.538 bits per heavy atom. The summed E-state index contributed by atoms with van der Waals surface area (Å²) >= 11 is 0. The maximum absolute atomic E-state index is 11.1. The normalized spacial score (nSPS) is 8.77. The summed E-state index contributed by atoms with van der Waals surface area (Å²) in [5.74, 6) is -7.15. The Balaban J connectivity index is -0.00000132. The number of hydrogen-bond donors (Lipinski definition) is 0. The zero-order valence-corrected chi connectivity index (χ0v) is 22.6. The summed E-state index contributed by atoms with van der Waals surface area (Å²) in [5.41, 5.74) is -2.72. The first-order chi connectivity index (χ1) is 10.2. The maximum atomic E-state index is 11.1. The van der Waals surface area contributed by atoms with Crippen LogP contribution in [0.15, 0.2) is 24.3 Å². The molecule has 12 heteroatoms. The maximum Gasteiger partial charge on any atom is 1.00 e. The monoisotopic (exact) mass is 392 g/mol. The van der Waals surface area contributed by atoms with E-state index in [0.29, 0.717) is 0 Å². The summed E-state index contributed by atoms with van der Waals surface area (Å²) in [6, 6.07) is 3.21. The van der Waals surface area contributed by atoms with Crippen molar-refractivity contribution in [2.24, 2.45) is 0 Å². The van der Waals surface area contributed by atoms with E-state index < -0.39 is 46.1 Å². The fourth-order valence-electron chi connectivity index (χ4n) is 2.04. The Bertz CT molecular complexity index is 866. The topological polar surface area (TPSA) is 161 Å². The number of hydrogen-bond acceptors (Lipinski definition) is 8. The summed E-state index contributed by atoms with van der Waals surface area (Å²) < 4.78 is 0. The molecule has 0 aromatic heterocycles. The van der Waals surface area contributed by atoms with Crippen LogP contribution in [0.1, 0.15) is 41.4 Å². The second-order valence-corrected chi connectivity index (χ2v) is 4.29. The van der Waals surface area contributed by atoms with Crippen molar-refractivity contribution in [3.63, 3.8) is 0 Å². The molecule has 0 bridgehead atoms. The van der Waals surface area contributed by atoms with Crippen LogP contribution in [0.4, 0.5) is 0 Å². The van der Waals surface area contributed by atoms with Crippen LogP contribution in [0.2, 0.25) is 0 Å². The predicted molar refractivity (Wildman–Crippen MR) is 61.3 cm³/mol. The molecule has 0 aliphatic carbocycles. The molecular weight excluding hydrogens is 388 g/mol. The van der Waals surface area contributed by atoms with Gasteiger partial charge in [-0.05, 0) is 40.6 Å². The first-order valence-corrected chi connectivity index (χ1v) is 5.69. The molecule has 0 saturated carbocycles. The Labute approximate surface area is 235 Å². The zero-order valence-electron chi connectivity index (χ0n) is 14.6. The SMILES string of the molecule is O=C([O-])c1cc(C(=O)[O-])c2cc(C(=O)[O-])c(C(=O)[O-])cc2c1.[Na+].[Na+].[Na+].[Na+]. The molecular formula is C14H4Na4O8. The average Bonchev–Trinajstić information content (AvgIpc) is 2.43. The minimum Gasteiger partial charge on any atom is -0.545 e. The van der Waals surface area contributed by atoms with Crippen molar-refractivity contribution < 1.29 is 158 Å². The molecule has 26 heavy (non-hydrogen) atoms. The Morgan fingerprint density at radius 3 is 1.35 bits per heavy atom. The number of fused-ring (bicyclic) bond motifs is 1. The van der Waals surface area contributed by atoms with Crippen LogP contribution in [0.5, 0.6) is 0 Å². The van der Waals surface area contributed by atoms with E-state index in [4.69, 9.17) is 0 Å². The molecule has 0 atom stereocenters. The molecule has 2 aromatic carbocycles. The van der Waals surface area contributed by atoms with Gasteiger partial charge < -0.3 is 39.6 Å². The van der Waals surface area contributed by atoms with Gasteiger partial charge >= 0.3 is 118 Å². The predicted octanol–water partition coefficient (Wildman–Crippen LogP) is -15.7. The molecule has 0 saturated heterocycles. The van der Waals surface area contributed by atoms with Gasteiger partial charge in [-0.15, -0.1) is 0 Å². The van der Waals surface area contributed by atoms with E-state index in [1.54, 1.807) is 0 Å². The van der Waals surface area contributed by atoms with Crippen LogP contribution in [0, 0.1) is 0 Å². The average molecular weight is 392 g/mol. The standard InChI is InChI=1S/C14H8O8.4Na/c15-11(16)6-1-5-2-9(13(19)20)10(14(21)22)4-7(5)8(3-6)12(17)18;;;;/h1-4H,(H,15,16)(H,17,18)(H,19,20)(H,21,22);;;;/q;4*+1/p-4. The van der Waals surface area contributed by atoms with Crippen molar-refractivity contribution in [2.75, 3.05) is 0 Å². The summed E-state index contributed by atoms with van der Waals surface area (Å²) in [5, 5.41) is 43.5. The van der Waals surface area contributed by atoms with Crippen molar-refractivity contribution in [2.45, 2.75) is 0 Å². The third-order valence-electron chi connectivity index (χ3n) is 2.99. The van der Waals surface area contributed by atoms with Gasteiger partial charge in [0.25, 0.3) is 0 Å². The fourth-order valence-corrected chi connectivity index (χ4v) is 2.04. The summed E-state index contributed by atoms with van der Waals surface area (Å²) in [4.78, 5) is 43.8. The number of carbonyl (C=O) groups is 4. The molecule has 0 aliphatic heterocycles. The molecule has 8 nitrogen and oxygen atoms in total. The Morgan fingerprint density at radius 2 is 0.962 bits per heavy atom. The van der Waals surface area contributed by atoms with Crippen LogP contribution in [-0.4, -0.2) is 23.9 Å². The third-order valence-corrected chi connectivity index (χ3v) is 2.99. The van der Waals surface area contributed by atoms with E-state index in [0.717, 1.165) is 24.3 Å². The van der Waals surface area contributed by atoms with Gasteiger partial charge in [0.1, 0.15) is 0 Å². The number of carbonyl (C=O) groups excluding carboxylic acids is 4. The molecule has 0 aliphatic rings. The second kappa shape index (κ2) is 12.9. The van der Waals surface area contributed by atoms with Crippen LogP contribution in [-0.2, 0) is 0 Å². The number of carboxylic acids is 4. The molecule has 0 N–H and O–H groups in total. The van der Waals surface area contributed by atoms with Gasteiger partial charge in [-0.1, -0.05) is 0 Å². The van der Waals surface area contributed by atoms with E-state index in [1.807, 2.05) is 0 Å². The minimum atomic E-state index is -1.85. The van der Waals surface area contributed by atoms with Gasteiger partial charge in [-0.25, -0.2) is 0 Å². The number of rotatable bonds is 4. The van der Waals surface area contributed by atoms with Gasteiger partial charge in [0.2, 0.25) is 0 Å². The number of benzene rings is 2. The van der Waals surface area contributed by atoms with Gasteiger partial charge in [-0.3, -0.25) is 0 Å². The molecule has 112 valence electrons. The molecule has 0 radical (unpaired) electrons. The summed E-state index contributed by atoms with van der Waals surface area (Å²) in [6.07, 6.45) is 0. The van der Waals surface area contributed by atoms with Crippen LogP contribution >= 0.6 is 0 Å². The van der Waals surface area contributed by atoms with Crippen molar-refractivity contribution in [3.05, 3.63) is 46.5 Å².